The Morgan fingerprint density at radius 3 is 2.83 bits per heavy atom. The van der Waals surface area contributed by atoms with Crippen LogP contribution in [0.4, 0.5) is 11.5 Å². The molecule has 18 heavy (non-hydrogen) atoms. The predicted molar refractivity (Wildman–Crippen MR) is 63.7 cm³/mol. The Bertz CT molecular complexity index is 485. The van der Waals surface area contributed by atoms with Crippen LogP contribution in [0.15, 0.2) is 12.3 Å². The molecule has 2 rings (SSSR count). The average Bonchev–Trinajstić information content (AvgIpc) is 2.26. The zero-order valence-electron chi connectivity index (χ0n) is 9.63. The molecule has 1 saturated carbocycles. The van der Waals surface area contributed by atoms with E-state index < -0.39 is 10.9 Å². The minimum atomic E-state index is -1.23. The topological polar surface area (TPSA) is 105 Å². The van der Waals surface area contributed by atoms with Gasteiger partial charge in [-0.2, -0.15) is 0 Å². The zero-order chi connectivity index (χ0) is 13.1. The summed E-state index contributed by atoms with van der Waals surface area (Å²) in [7, 11) is 0. The predicted octanol–water partition coefficient (Wildman–Crippen LogP) is 1.90. The first-order valence-corrected chi connectivity index (χ1v) is 5.69. The molecule has 0 aromatic carbocycles. The van der Waals surface area contributed by atoms with E-state index in [9.17, 15) is 14.9 Å². The van der Waals surface area contributed by atoms with Crippen molar-refractivity contribution in [3.05, 3.63) is 27.9 Å². The summed E-state index contributed by atoms with van der Waals surface area (Å²) in [6.07, 6.45) is 4.56. The molecule has 0 radical (unpaired) electrons. The van der Waals surface area contributed by atoms with Crippen molar-refractivity contribution in [3.8, 4) is 0 Å². The van der Waals surface area contributed by atoms with Gasteiger partial charge in [0, 0.05) is 18.8 Å². The molecule has 1 heterocycles. The third-order valence-corrected chi connectivity index (χ3v) is 3.09. The largest absolute Gasteiger partial charge is 0.478 e. The highest BCUT2D eigenvalue weighted by molar-refractivity contribution is 5.88. The normalized spacial score (nSPS) is 14.9. The van der Waals surface area contributed by atoms with Crippen LogP contribution in [-0.4, -0.2) is 27.5 Å². The summed E-state index contributed by atoms with van der Waals surface area (Å²) < 4.78 is 0. The van der Waals surface area contributed by atoms with E-state index in [2.05, 4.69) is 10.3 Å². The second-order valence-electron chi connectivity index (χ2n) is 4.33. The molecular weight excluding hydrogens is 238 g/mol. The summed E-state index contributed by atoms with van der Waals surface area (Å²) in [6.45, 7) is 0.639. The number of carbonyl (C=O) groups is 1. The van der Waals surface area contributed by atoms with Crippen LogP contribution < -0.4 is 5.32 Å². The number of carboxylic acids is 1. The monoisotopic (exact) mass is 251 g/mol. The van der Waals surface area contributed by atoms with Crippen molar-refractivity contribution in [3.63, 3.8) is 0 Å². The van der Waals surface area contributed by atoms with E-state index in [1.165, 1.54) is 6.42 Å². The van der Waals surface area contributed by atoms with Gasteiger partial charge in [0.05, 0.1) is 10.5 Å². The van der Waals surface area contributed by atoms with E-state index in [4.69, 9.17) is 5.11 Å². The number of rotatable bonds is 5. The molecule has 1 fully saturated rings. The maximum atomic E-state index is 10.9. The number of nitrogens with zero attached hydrogens (tertiary/aromatic N) is 2. The molecule has 1 aliphatic rings. The van der Waals surface area contributed by atoms with Gasteiger partial charge < -0.3 is 10.4 Å². The van der Waals surface area contributed by atoms with Crippen LogP contribution in [0.5, 0.6) is 0 Å². The van der Waals surface area contributed by atoms with Gasteiger partial charge in [0.15, 0.2) is 0 Å². The minimum Gasteiger partial charge on any atom is -0.478 e. The standard InChI is InChI=1S/C11H13N3O4/c15-11(16)8-4-9(14(17)18)10(13-6-8)12-5-7-2-1-3-7/h4,6-7H,1-3,5H2,(H,12,13)(H,15,16). The van der Waals surface area contributed by atoms with Crippen LogP contribution in [0.3, 0.4) is 0 Å². The average molecular weight is 251 g/mol. The van der Waals surface area contributed by atoms with Crippen molar-refractivity contribution in [2.24, 2.45) is 5.92 Å². The van der Waals surface area contributed by atoms with Crippen molar-refractivity contribution in [1.29, 1.82) is 0 Å². The number of carboxylic acid groups (broad SMARTS) is 1. The van der Waals surface area contributed by atoms with Gasteiger partial charge in [0.2, 0.25) is 5.82 Å². The lowest BCUT2D eigenvalue weighted by Gasteiger charge is -2.25. The third kappa shape index (κ3) is 2.55. The van der Waals surface area contributed by atoms with Crippen LogP contribution in [0.25, 0.3) is 0 Å². The molecule has 0 bridgehead atoms. The van der Waals surface area contributed by atoms with Crippen LogP contribution in [0.2, 0.25) is 0 Å². The van der Waals surface area contributed by atoms with Crippen LogP contribution >= 0.6 is 0 Å². The number of aromatic nitrogens is 1. The molecule has 0 unspecified atom stereocenters. The fraction of sp³-hybridized carbons (Fsp3) is 0.455. The maximum Gasteiger partial charge on any atom is 0.337 e. The molecule has 0 saturated heterocycles. The maximum absolute atomic E-state index is 10.9. The summed E-state index contributed by atoms with van der Waals surface area (Å²) >= 11 is 0. The summed E-state index contributed by atoms with van der Waals surface area (Å²) in [5.41, 5.74) is -0.481. The van der Waals surface area contributed by atoms with Crippen molar-refractivity contribution in [1.82, 2.24) is 4.98 Å². The van der Waals surface area contributed by atoms with Crippen molar-refractivity contribution < 1.29 is 14.8 Å². The fourth-order valence-corrected chi connectivity index (χ4v) is 1.78. The first-order valence-electron chi connectivity index (χ1n) is 5.69. The molecule has 1 aliphatic carbocycles. The number of pyridine rings is 1. The number of nitrogens with one attached hydrogen (secondary N) is 1. The SMILES string of the molecule is O=C(O)c1cnc(NCC2CCC2)c([N+](=O)[O-])c1. The van der Waals surface area contributed by atoms with E-state index >= 15 is 0 Å². The Labute approximate surface area is 103 Å². The lowest BCUT2D eigenvalue weighted by molar-refractivity contribution is -0.384. The van der Waals surface area contributed by atoms with Gasteiger partial charge in [-0.3, -0.25) is 10.1 Å². The molecule has 96 valence electrons. The molecule has 0 atom stereocenters. The zero-order valence-corrected chi connectivity index (χ0v) is 9.63. The van der Waals surface area contributed by atoms with E-state index in [1.54, 1.807) is 0 Å². The Morgan fingerprint density at radius 1 is 1.61 bits per heavy atom. The quantitative estimate of drug-likeness (QED) is 0.611. The summed E-state index contributed by atoms with van der Waals surface area (Å²) in [5, 5.41) is 22.5. The molecule has 7 heteroatoms. The highest BCUT2D eigenvalue weighted by Crippen LogP contribution is 2.28. The van der Waals surface area contributed by atoms with Crippen LogP contribution in [-0.2, 0) is 0 Å². The van der Waals surface area contributed by atoms with E-state index in [1.807, 2.05) is 0 Å². The third-order valence-electron chi connectivity index (χ3n) is 3.09. The van der Waals surface area contributed by atoms with Gasteiger partial charge in [-0.25, -0.2) is 9.78 Å². The lowest BCUT2D eigenvalue weighted by Crippen LogP contribution is -2.21. The fourth-order valence-electron chi connectivity index (χ4n) is 1.78. The Morgan fingerprint density at radius 2 is 2.33 bits per heavy atom. The minimum absolute atomic E-state index is 0.136. The summed E-state index contributed by atoms with van der Waals surface area (Å²) in [6, 6.07) is 1.03. The first-order chi connectivity index (χ1) is 8.58. The van der Waals surface area contributed by atoms with E-state index in [-0.39, 0.29) is 17.1 Å². The van der Waals surface area contributed by atoms with E-state index in [0.717, 1.165) is 25.1 Å². The van der Waals surface area contributed by atoms with Gasteiger partial charge in [0.1, 0.15) is 0 Å². The molecule has 0 amide bonds. The van der Waals surface area contributed by atoms with Gasteiger partial charge >= 0.3 is 11.7 Å². The molecule has 2 N–H and O–H groups in total. The highest BCUT2D eigenvalue weighted by atomic mass is 16.6. The number of hydrogen-bond acceptors (Lipinski definition) is 5. The van der Waals surface area contributed by atoms with Crippen molar-refractivity contribution in [2.75, 3.05) is 11.9 Å². The molecule has 0 aliphatic heterocycles. The number of anilines is 1. The summed E-state index contributed by atoms with van der Waals surface area (Å²) in [5.74, 6) is -0.557. The Balaban J connectivity index is 2.16. The number of nitro groups is 1. The van der Waals surface area contributed by atoms with Gasteiger partial charge in [-0.05, 0) is 18.8 Å². The number of hydrogen-bond donors (Lipinski definition) is 2. The highest BCUT2D eigenvalue weighted by Gasteiger charge is 2.21. The lowest BCUT2D eigenvalue weighted by atomic mass is 9.85. The summed E-state index contributed by atoms with van der Waals surface area (Å²) in [4.78, 5) is 24.8. The van der Waals surface area contributed by atoms with Crippen molar-refractivity contribution >= 4 is 17.5 Å². The molecular formula is C11H13N3O4. The second kappa shape index (κ2) is 4.99. The number of aromatic carboxylic acids is 1. The van der Waals surface area contributed by atoms with Gasteiger partial charge in [-0.15, -0.1) is 0 Å². The smallest absolute Gasteiger partial charge is 0.337 e. The van der Waals surface area contributed by atoms with E-state index in [0.29, 0.717) is 12.5 Å². The molecule has 0 spiro atoms. The first kappa shape index (κ1) is 12.3. The van der Waals surface area contributed by atoms with Gasteiger partial charge in [0.25, 0.3) is 0 Å². The van der Waals surface area contributed by atoms with Gasteiger partial charge in [-0.1, -0.05) is 6.42 Å². The van der Waals surface area contributed by atoms with Crippen molar-refractivity contribution in [2.45, 2.75) is 19.3 Å². The van der Waals surface area contributed by atoms with Crippen LogP contribution in [0.1, 0.15) is 29.6 Å². The Kier molecular flexibility index (Phi) is 3.40. The van der Waals surface area contributed by atoms with Crippen LogP contribution in [0, 0.1) is 16.0 Å². The molecule has 1 aromatic heterocycles. The second-order valence-corrected chi connectivity index (χ2v) is 4.33. The Hall–Kier alpha value is -2.18. The molecule has 7 nitrogen and oxygen atoms in total. The molecule has 1 aromatic rings.